The highest BCUT2D eigenvalue weighted by molar-refractivity contribution is 7.09. The molecule has 6 nitrogen and oxygen atoms in total. The second-order valence-corrected chi connectivity index (χ2v) is 7.75. The van der Waals surface area contributed by atoms with E-state index in [1.807, 2.05) is 33.1 Å². The van der Waals surface area contributed by atoms with E-state index in [0.29, 0.717) is 6.61 Å². The van der Waals surface area contributed by atoms with Gasteiger partial charge in [0.25, 0.3) is 0 Å². The van der Waals surface area contributed by atoms with E-state index in [2.05, 4.69) is 4.98 Å². The SMILES string of the molecule is CC1(C)O[C@@H]2[C@H](O1)[C@@H](c1nccs1)O[C@@H]2[C@H]1COC(C)(C)O1. The first kappa shape index (κ1) is 15.0. The molecule has 4 rings (SSSR count). The van der Waals surface area contributed by atoms with E-state index in [0.717, 1.165) is 5.01 Å². The van der Waals surface area contributed by atoms with Crippen molar-refractivity contribution in [3.05, 3.63) is 16.6 Å². The Morgan fingerprint density at radius 3 is 2.45 bits per heavy atom. The molecule has 1 aromatic rings. The topological polar surface area (TPSA) is 59.0 Å². The summed E-state index contributed by atoms with van der Waals surface area (Å²) in [5.41, 5.74) is 0. The zero-order chi connectivity index (χ0) is 15.5. The summed E-state index contributed by atoms with van der Waals surface area (Å²) in [6.45, 7) is 8.17. The Hall–Kier alpha value is -0.570. The van der Waals surface area contributed by atoms with Crippen LogP contribution in [0.15, 0.2) is 11.6 Å². The van der Waals surface area contributed by atoms with Gasteiger partial charge in [0.1, 0.15) is 35.5 Å². The summed E-state index contributed by atoms with van der Waals surface area (Å²) in [6, 6.07) is 0. The van der Waals surface area contributed by atoms with Crippen LogP contribution in [0.5, 0.6) is 0 Å². The Morgan fingerprint density at radius 1 is 1.05 bits per heavy atom. The van der Waals surface area contributed by atoms with Crippen molar-refractivity contribution in [1.29, 1.82) is 0 Å². The van der Waals surface area contributed by atoms with Crippen LogP contribution in [0.3, 0.4) is 0 Å². The van der Waals surface area contributed by atoms with Crippen LogP contribution >= 0.6 is 11.3 Å². The van der Waals surface area contributed by atoms with E-state index in [1.165, 1.54) is 0 Å². The van der Waals surface area contributed by atoms with Gasteiger partial charge in [-0.3, -0.25) is 0 Å². The summed E-state index contributed by atoms with van der Waals surface area (Å²) < 4.78 is 30.1. The largest absolute Gasteiger partial charge is 0.359 e. The number of hydrogen-bond donors (Lipinski definition) is 0. The number of aromatic nitrogens is 1. The van der Waals surface area contributed by atoms with Gasteiger partial charge < -0.3 is 23.7 Å². The number of nitrogens with zero attached hydrogens (tertiary/aromatic N) is 1. The molecule has 0 N–H and O–H groups in total. The van der Waals surface area contributed by atoms with Crippen molar-refractivity contribution in [2.75, 3.05) is 6.61 Å². The van der Waals surface area contributed by atoms with Crippen molar-refractivity contribution >= 4 is 11.3 Å². The maximum Gasteiger partial charge on any atom is 0.164 e. The number of thiazole rings is 1. The first-order valence-corrected chi connectivity index (χ1v) is 8.45. The summed E-state index contributed by atoms with van der Waals surface area (Å²) in [6.07, 6.45) is 0.839. The minimum atomic E-state index is -0.623. The predicted octanol–water partition coefficient (Wildman–Crippen LogP) is 2.25. The van der Waals surface area contributed by atoms with Crippen LogP contribution in [0.4, 0.5) is 0 Å². The van der Waals surface area contributed by atoms with Gasteiger partial charge in [0.15, 0.2) is 11.6 Å². The lowest BCUT2D eigenvalue weighted by Gasteiger charge is -2.26. The van der Waals surface area contributed by atoms with Crippen LogP contribution in [0, 0.1) is 0 Å². The van der Waals surface area contributed by atoms with Crippen molar-refractivity contribution in [3.63, 3.8) is 0 Å². The maximum absolute atomic E-state index is 6.24. The summed E-state index contributed by atoms with van der Waals surface area (Å²) in [5, 5.41) is 2.86. The Morgan fingerprint density at radius 2 is 1.82 bits per heavy atom. The molecule has 5 atom stereocenters. The van der Waals surface area contributed by atoms with Gasteiger partial charge in [0.05, 0.1) is 6.61 Å². The molecule has 3 saturated heterocycles. The summed E-state index contributed by atoms with van der Waals surface area (Å²) in [5.74, 6) is -1.21. The first-order chi connectivity index (χ1) is 10.3. The molecule has 4 heterocycles. The molecule has 3 aliphatic rings. The predicted molar refractivity (Wildman–Crippen MR) is 78.5 cm³/mol. The molecule has 0 spiro atoms. The van der Waals surface area contributed by atoms with E-state index in [4.69, 9.17) is 23.7 Å². The van der Waals surface area contributed by atoms with E-state index >= 15 is 0 Å². The van der Waals surface area contributed by atoms with E-state index < -0.39 is 11.6 Å². The van der Waals surface area contributed by atoms with Gasteiger partial charge in [0, 0.05) is 11.6 Å². The molecule has 22 heavy (non-hydrogen) atoms. The number of rotatable bonds is 2. The lowest BCUT2D eigenvalue weighted by Crippen LogP contribution is -2.40. The zero-order valence-electron chi connectivity index (χ0n) is 13.1. The minimum absolute atomic E-state index is 0.162. The summed E-state index contributed by atoms with van der Waals surface area (Å²) in [4.78, 5) is 4.38. The van der Waals surface area contributed by atoms with Crippen molar-refractivity contribution in [2.24, 2.45) is 0 Å². The van der Waals surface area contributed by atoms with Gasteiger partial charge >= 0.3 is 0 Å². The molecule has 122 valence electrons. The number of fused-ring (bicyclic) bond motifs is 1. The third kappa shape index (κ3) is 2.50. The Labute approximate surface area is 133 Å². The quantitative estimate of drug-likeness (QED) is 0.830. The molecule has 0 aromatic carbocycles. The third-order valence-electron chi connectivity index (χ3n) is 4.18. The molecule has 1 aromatic heterocycles. The molecule has 7 heteroatoms. The van der Waals surface area contributed by atoms with Crippen LogP contribution in [0.25, 0.3) is 0 Å². The Balaban J connectivity index is 1.60. The van der Waals surface area contributed by atoms with Crippen molar-refractivity contribution in [1.82, 2.24) is 4.98 Å². The van der Waals surface area contributed by atoms with Gasteiger partial charge in [-0.1, -0.05) is 0 Å². The van der Waals surface area contributed by atoms with Gasteiger partial charge in [-0.15, -0.1) is 11.3 Å². The van der Waals surface area contributed by atoms with E-state index in [9.17, 15) is 0 Å². The van der Waals surface area contributed by atoms with E-state index in [-0.39, 0.29) is 30.5 Å². The monoisotopic (exact) mass is 327 g/mol. The Bertz CT molecular complexity index is 546. The van der Waals surface area contributed by atoms with Crippen LogP contribution < -0.4 is 0 Å². The lowest BCUT2D eigenvalue weighted by atomic mass is 10.0. The van der Waals surface area contributed by atoms with Gasteiger partial charge in [-0.25, -0.2) is 4.98 Å². The summed E-state index contributed by atoms with van der Waals surface area (Å²) in [7, 11) is 0. The second-order valence-electron chi connectivity index (χ2n) is 6.82. The van der Waals surface area contributed by atoms with Crippen LogP contribution in [0.2, 0.25) is 0 Å². The Kier molecular flexibility index (Phi) is 3.38. The fourth-order valence-corrected chi connectivity index (χ4v) is 4.09. The molecule has 0 bridgehead atoms. The molecule has 3 fully saturated rings. The van der Waals surface area contributed by atoms with Gasteiger partial charge in [0.2, 0.25) is 0 Å². The molecule has 0 saturated carbocycles. The molecule has 0 amide bonds. The van der Waals surface area contributed by atoms with Crippen molar-refractivity contribution in [2.45, 2.75) is 69.8 Å². The first-order valence-electron chi connectivity index (χ1n) is 7.57. The van der Waals surface area contributed by atoms with E-state index in [1.54, 1.807) is 17.5 Å². The fraction of sp³-hybridized carbons (Fsp3) is 0.800. The number of ether oxygens (including phenoxy) is 5. The maximum atomic E-state index is 6.24. The highest BCUT2D eigenvalue weighted by Crippen LogP contribution is 2.47. The third-order valence-corrected chi connectivity index (χ3v) is 5.02. The minimum Gasteiger partial charge on any atom is -0.359 e. The smallest absolute Gasteiger partial charge is 0.164 e. The van der Waals surface area contributed by atoms with Crippen molar-refractivity contribution < 1.29 is 23.7 Å². The van der Waals surface area contributed by atoms with Crippen molar-refractivity contribution in [3.8, 4) is 0 Å². The molecule has 0 aliphatic carbocycles. The lowest BCUT2D eigenvalue weighted by molar-refractivity contribution is -0.207. The average Bonchev–Trinajstić information content (AvgIpc) is 3.12. The van der Waals surface area contributed by atoms with Gasteiger partial charge in [-0.2, -0.15) is 0 Å². The molecule has 0 radical (unpaired) electrons. The molecule has 0 unspecified atom stereocenters. The normalized spacial score (nSPS) is 42.6. The highest BCUT2D eigenvalue weighted by Gasteiger charge is 2.59. The van der Waals surface area contributed by atoms with Crippen LogP contribution in [-0.2, 0) is 23.7 Å². The van der Waals surface area contributed by atoms with Crippen LogP contribution in [-0.4, -0.2) is 47.6 Å². The van der Waals surface area contributed by atoms with Gasteiger partial charge in [-0.05, 0) is 27.7 Å². The molecule has 3 aliphatic heterocycles. The molecular formula is C15H21NO5S. The van der Waals surface area contributed by atoms with Crippen LogP contribution in [0.1, 0.15) is 38.8 Å². The second kappa shape index (κ2) is 4.96. The molecular weight excluding hydrogens is 306 g/mol. The standard InChI is InChI=1S/C15H21NO5S/c1-14(2)17-7-8(19-14)9-10-11(21-15(3,4)20-10)12(18-9)13-16-5-6-22-13/h5-6,8-12H,7H2,1-4H3/t8-,9-,10+,11+,12+/m1/s1. The summed E-state index contributed by atoms with van der Waals surface area (Å²) >= 11 is 1.57. The fourth-order valence-electron chi connectivity index (χ4n) is 3.38. The highest BCUT2D eigenvalue weighted by atomic mass is 32.1. The average molecular weight is 327 g/mol. The zero-order valence-corrected chi connectivity index (χ0v) is 14.0. The number of hydrogen-bond acceptors (Lipinski definition) is 7.